The molecule has 0 heterocycles. The number of benzene rings is 1. The molecular weight excluding hydrogens is 192 g/mol. The first-order chi connectivity index (χ1) is 6.66. The third kappa shape index (κ3) is 2.61. The van der Waals surface area contributed by atoms with Crippen LogP contribution >= 0.6 is 12.6 Å². The van der Waals surface area contributed by atoms with Crippen molar-refractivity contribution in [2.24, 2.45) is 0 Å². The Morgan fingerprint density at radius 1 is 1.43 bits per heavy atom. The van der Waals surface area contributed by atoms with Gasteiger partial charge in [0.1, 0.15) is 0 Å². The molecule has 0 amide bonds. The molecule has 0 aliphatic carbocycles. The molecule has 0 spiro atoms. The molecular formula is C12H16OS. The number of unbranched alkanes of at least 4 members (excludes halogenated alkanes) is 1. The van der Waals surface area contributed by atoms with Crippen LogP contribution < -0.4 is 0 Å². The first kappa shape index (κ1) is 11.3. The second kappa shape index (κ2) is 5.20. The van der Waals surface area contributed by atoms with Gasteiger partial charge < -0.3 is 0 Å². The lowest BCUT2D eigenvalue weighted by molar-refractivity contribution is 0.109. The maximum atomic E-state index is 11.2. The summed E-state index contributed by atoms with van der Waals surface area (Å²) in [6.07, 6.45) is 3.25. The number of aryl methyl sites for hydroxylation is 1. The van der Waals surface area contributed by atoms with Crippen LogP contribution in [0.5, 0.6) is 0 Å². The smallest absolute Gasteiger partial charge is 0.216 e. The van der Waals surface area contributed by atoms with Crippen LogP contribution in [-0.2, 0) is 6.42 Å². The van der Waals surface area contributed by atoms with Gasteiger partial charge in [0.05, 0.1) is 0 Å². The molecule has 0 radical (unpaired) electrons. The predicted octanol–water partition coefficient (Wildman–Crippen LogP) is 3.41. The van der Waals surface area contributed by atoms with Crippen molar-refractivity contribution < 1.29 is 4.79 Å². The van der Waals surface area contributed by atoms with E-state index < -0.39 is 0 Å². The minimum absolute atomic E-state index is 0.125. The first-order valence-corrected chi connectivity index (χ1v) is 5.43. The van der Waals surface area contributed by atoms with Gasteiger partial charge in [0.2, 0.25) is 5.12 Å². The molecule has 2 heteroatoms. The zero-order valence-corrected chi connectivity index (χ0v) is 9.60. The van der Waals surface area contributed by atoms with Crippen LogP contribution in [0.3, 0.4) is 0 Å². The summed E-state index contributed by atoms with van der Waals surface area (Å²) in [4.78, 5) is 11.2. The van der Waals surface area contributed by atoms with Crippen LogP contribution in [0.4, 0.5) is 0 Å². The molecule has 0 bridgehead atoms. The van der Waals surface area contributed by atoms with Gasteiger partial charge >= 0.3 is 0 Å². The topological polar surface area (TPSA) is 17.1 Å². The van der Waals surface area contributed by atoms with Crippen molar-refractivity contribution in [1.82, 2.24) is 0 Å². The summed E-state index contributed by atoms with van der Waals surface area (Å²) in [5, 5.41) is -0.125. The normalized spacial score (nSPS) is 10.2. The summed E-state index contributed by atoms with van der Waals surface area (Å²) in [5.74, 6) is 0. The van der Waals surface area contributed by atoms with Crippen LogP contribution in [0, 0.1) is 6.92 Å². The number of thiol groups is 1. The van der Waals surface area contributed by atoms with Crippen LogP contribution in [0.2, 0.25) is 0 Å². The molecule has 0 N–H and O–H groups in total. The van der Waals surface area contributed by atoms with Gasteiger partial charge in [0.15, 0.2) is 0 Å². The van der Waals surface area contributed by atoms with Gasteiger partial charge in [-0.05, 0) is 30.9 Å². The molecule has 0 saturated carbocycles. The van der Waals surface area contributed by atoms with E-state index in [0.29, 0.717) is 0 Å². The molecule has 0 fully saturated rings. The van der Waals surface area contributed by atoms with E-state index in [2.05, 4.69) is 19.6 Å². The summed E-state index contributed by atoms with van der Waals surface area (Å²) >= 11 is 3.89. The average molecular weight is 208 g/mol. The predicted molar refractivity (Wildman–Crippen MR) is 63.1 cm³/mol. The minimum atomic E-state index is -0.125. The summed E-state index contributed by atoms with van der Waals surface area (Å²) in [7, 11) is 0. The lowest BCUT2D eigenvalue weighted by atomic mass is 9.98. The standard InChI is InChI=1S/C12H16OS/c1-3-4-7-10-9(2)6-5-8-11(10)12(13)14/h5-6,8H,3-4,7H2,1-2H3,(H,13,14). The molecule has 1 aromatic carbocycles. The van der Waals surface area contributed by atoms with E-state index in [-0.39, 0.29) is 5.12 Å². The summed E-state index contributed by atoms with van der Waals surface area (Å²) < 4.78 is 0. The molecule has 14 heavy (non-hydrogen) atoms. The molecule has 0 aliphatic rings. The summed E-state index contributed by atoms with van der Waals surface area (Å²) in [6.45, 7) is 4.20. The van der Waals surface area contributed by atoms with E-state index >= 15 is 0 Å². The van der Waals surface area contributed by atoms with Crippen molar-refractivity contribution in [3.05, 3.63) is 34.9 Å². The highest BCUT2D eigenvalue weighted by molar-refractivity contribution is 7.97. The Balaban J connectivity index is 3.02. The molecule has 0 atom stereocenters. The Morgan fingerprint density at radius 2 is 2.14 bits per heavy atom. The van der Waals surface area contributed by atoms with E-state index in [9.17, 15) is 4.79 Å². The van der Waals surface area contributed by atoms with Gasteiger partial charge in [0, 0.05) is 5.56 Å². The fourth-order valence-corrected chi connectivity index (χ4v) is 1.80. The van der Waals surface area contributed by atoms with Crippen molar-refractivity contribution in [3.8, 4) is 0 Å². The fourth-order valence-electron chi connectivity index (χ4n) is 1.59. The highest BCUT2D eigenvalue weighted by Gasteiger charge is 2.08. The highest BCUT2D eigenvalue weighted by Crippen LogP contribution is 2.18. The fraction of sp³-hybridized carbons (Fsp3) is 0.417. The summed E-state index contributed by atoms with van der Waals surface area (Å²) in [6, 6.07) is 5.81. The molecule has 0 saturated heterocycles. The number of hydrogen-bond acceptors (Lipinski definition) is 1. The van der Waals surface area contributed by atoms with Crippen LogP contribution in [0.25, 0.3) is 0 Å². The lowest BCUT2D eigenvalue weighted by Crippen LogP contribution is -2.00. The SMILES string of the molecule is CCCCc1c(C)cccc1C(=O)S. The Morgan fingerprint density at radius 3 is 2.71 bits per heavy atom. The zero-order chi connectivity index (χ0) is 10.6. The average Bonchev–Trinajstić information content (AvgIpc) is 2.15. The number of hydrogen-bond donors (Lipinski definition) is 1. The molecule has 0 unspecified atom stereocenters. The molecule has 0 aromatic heterocycles. The van der Waals surface area contributed by atoms with Crippen molar-refractivity contribution in [2.75, 3.05) is 0 Å². The molecule has 76 valence electrons. The van der Waals surface area contributed by atoms with E-state index in [4.69, 9.17) is 0 Å². The molecule has 1 nitrogen and oxygen atoms in total. The van der Waals surface area contributed by atoms with Crippen LogP contribution in [0.15, 0.2) is 18.2 Å². The largest absolute Gasteiger partial charge is 0.282 e. The Kier molecular flexibility index (Phi) is 4.21. The van der Waals surface area contributed by atoms with Gasteiger partial charge in [0.25, 0.3) is 0 Å². The second-order valence-corrected chi connectivity index (χ2v) is 3.92. The maximum Gasteiger partial charge on any atom is 0.216 e. The van der Waals surface area contributed by atoms with Gasteiger partial charge in [-0.3, -0.25) is 4.79 Å². The molecule has 1 aromatic rings. The number of carbonyl (C=O) groups excluding carboxylic acids is 1. The minimum Gasteiger partial charge on any atom is -0.282 e. The third-order valence-corrected chi connectivity index (χ3v) is 2.66. The number of carbonyl (C=O) groups is 1. The van der Waals surface area contributed by atoms with E-state index in [1.807, 2.05) is 25.1 Å². The van der Waals surface area contributed by atoms with Crippen molar-refractivity contribution >= 4 is 17.7 Å². The van der Waals surface area contributed by atoms with E-state index in [1.54, 1.807) is 0 Å². The first-order valence-electron chi connectivity index (χ1n) is 4.98. The van der Waals surface area contributed by atoms with Gasteiger partial charge in [-0.25, -0.2) is 0 Å². The van der Waals surface area contributed by atoms with Crippen molar-refractivity contribution in [2.45, 2.75) is 33.1 Å². The summed E-state index contributed by atoms with van der Waals surface area (Å²) in [5.41, 5.74) is 3.12. The van der Waals surface area contributed by atoms with Gasteiger partial charge in [-0.15, -0.1) is 12.6 Å². The van der Waals surface area contributed by atoms with Gasteiger partial charge in [-0.1, -0.05) is 31.5 Å². The monoisotopic (exact) mass is 208 g/mol. The van der Waals surface area contributed by atoms with Crippen molar-refractivity contribution in [1.29, 1.82) is 0 Å². The van der Waals surface area contributed by atoms with Crippen LogP contribution in [-0.4, -0.2) is 5.12 Å². The second-order valence-electron chi connectivity index (χ2n) is 3.51. The molecule has 1 rings (SSSR count). The molecule has 0 aliphatic heterocycles. The Bertz CT molecular complexity index is 331. The van der Waals surface area contributed by atoms with Crippen molar-refractivity contribution in [3.63, 3.8) is 0 Å². The lowest BCUT2D eigenvalue weighted by Gasteiger charge is -2.09. The highest BCUT2D eigenvalue weighted by atomic mass is 32.1. The van der Waals surface area contributed by atoms with E-state index in [0.717, 1.165) is 30.4 Å². The van der Waals surface area contributed by atoms with Crippen LogP contribution in [0.1, 0.15) is 41.3 Å². The number of rotatable bonds is 4. The Labute approximate surface area is 90.9 Å². The quantitative estimate of drug-likeness (QED) is 0.750. The zero-order valence-electron chi connectivity index (χ0n) is 8.71. The maximum absolute atomic E-state index is 11.2. The van der Waals surface area contributed by atoms with Gasteiger partial charge in [-0.2, -0.15) is 0 Å². The Hall–Kier alpha value is -0.760. The third-order valence-electron chi connectivity index (χ3n) is 2.42. The van der Waals surface area contributed by atoms with E-state index in [1.165, 1.54) is 5.56 Å².